The molecule has 98 valence electrons. The molecule has 0 amide bonds. The molecule has 2 N–H and O–H groups in total. The molecule has 0 saturated heterocycles. The largest absolute Gasteiger partial charge is 0.496 e. The van der Waals surface area contributed by atoms with E-state index >= 15 is 0 Å². The second-order valence-corrected chi connectivity index (χ2v) is 6.01. The summed E-state index contributed by atoms with van der Waals surface area (Å²) in [6, 6.07) is 7.88. The van der Waals surface area contributed by atoms with Gasteiger partial charge in [0, 0.05) is 5.92 Å². The highest BCUT2D eigenvalue weighted by atomic mass is 32.1. The van der Waals surface area contributed by atoms with E-state index < -0.39 is 0 Å². The van der Waals surface area contributed by atoms with Crippen molar-refractivity contribution in [3.8, 4) is 16.3 Å². The van der Waals surface area contributed by atoms with Crippen LogP contribution < -0.4 is 10.5 Å². The van der Waals surface area contributed by atoms with Gasteiger partial charge in [-0.05, 0) is 25.0 Å². The van der Waals surface area contributed by atoms with E-state index in [0.717, 1.165) is 26.9 Å². The molecule has 1 heterocycles. The Balaban J connectivity index is 2.10. The third kappa shape index (κ3) is 2.35. The maximum absolute atomic E-state index is 5.81. The van der Waals surface area contributed by atoms with Crippen LogP contribution in [-0.2, 0) is 0 Å². The number of thiocarbonyl (C=S) groups is 1. The van der Waals surface area contributed by atoms with Crippen molar-refractivity contribution >= 4 is 28.5 Å². The minimum atomic E-state index is 0.445. The highest BCUT2D eigenvalue weighted by Crippen LogP contribution is 2.45. The zero-order valence-corrected chi connectivity index (χ0v) is 12.2. The van der Waals surface area contributed by atoms with Crippen LogP contribution in [-0.4, -0.2) is 17.1 Å². The highest BCUT2D eigenvalue weighted by Gasteiger charge is 2.31. The van der Waals surface area contributed by atoms with Crippen molar-refractivity contribution < 1.29 is 4.74 Å². The first-order valence-corrected chi connectivity index (χ1v) is 7.37. The Morgan fingerprint density at radius 2 is 2.16 bits per heavy atom. The molecule has 0 atom stereocenters. The van der Waals surface area contributed by atoms with E-state index in [2.05, 4.69) is 0 Å². The molecule has 1 aliphatic rings. The summed E-state index contributed by atoms with van der Waals surface area (Å²) >= 11 is 6.70. The van der Waals surface area contributed by atoms with Gasteiger partial charge in [-0.25, -0.2) is 4.98 Å². The van der Waals surface area contributed by atoms with E-state index in [1.165, 1.54) is 12.8 Å². The third-order valence-electron chi connectivity index (χ3n) is 3.18. The van der Waals surface area contributed by atoms with Crippen molar-refractivity contribution in [2.75, 3.05) is 7.11 Å². The smallest absolute Gasteiger partial charge is 0.129 e. The first-order chi connectivity index (χ1) is 9.20. The fourth-order valence-corrected chi connectivity index (χ4v) is 3.34. The van der Waals surface area contributed by atoms with E-state index in [1.807, 2.05) is 24.3 Å². The van der Waals surface area contributed by atoms with Gasteiger partial charge >= 0.3 is 0 Å². The lowest BCUT2D eigenvalue weighted by Gasteiger charge is -2.04. The quantitative estimate of drug-likeness (QED) is 0.877. The minimum absolute atomic E-state index is 0.445. The van der Waals surface area contributed by atoms with Crippen LogP contribution >= 0.6 is 23.6 Å². The molecular formula is C14H14N2OS2. The maximum atomic E-state index is 5.81. The number of ether oxygens (including phenoxy) is 1. The van der Waals surface area contributed by atoms with Gasteiger partial charge in [0.25, 0.3) is 0 Å². The Labute approximate surface area is 121 Å². The van der Waals surface area contributed by atoms with E-state index in [0.29, 0.717) is 10.9 Å². The van der Waals surface area contributed by atoms with Gasteiger partial charge < -0.3 is 10.5 Å². The standard InChI is InChI=1S/C14H14N2OS2/c1-17-10-5-3-2-4-9(10)14-16-11(8-6-7-8)12(19-14)13(15)18/h2-5,8H,6-7H2,1H3,(H2,15,18). The Bertz CT molecular complexity index is 632. The number of rotatable bonds is 4. The molecule has 0 unspecified atom stereocenters. The van der Waals surface area contributed by atoms with Gasteiger partial charge in [0.1, 0.15) is 15.7 Å². The average Bonchev–Trinajstić information content (AvgIpc) is 3.17. The summed E-state index contributed by atoms with van der Waals surface area (Å²) in [5.74, 6) is 1.37. The highest BCUT2D eigenvalue weighted by molar-refractivity contribution is 7.81. The molecule has 19 heavy (non-hydrogen) atoms. The molecule has 1 aromatic carbocycles. The molecule has 3 rings (SSSR count). The second-order valence-electron chi connectivity index (χ2n) is 4.57. The molecule has 0 aliphatic heterocycles. The molecule has 1 fully saturated rings. The van der Waals surface area contributed by atoms with Gasteiger partial charge in [-0.15, -0.1) is 11.3 Å². The Hall–Kier alpha value is -1.46. The fraction of sp³-hybridized carbons (Fsp3) is 0.286. The lowest BCUT2D eigenvalue weighted by Crippen LogP contribution is -2.09. The molecule has 1 aliphatic carbocycles. The summed E-state index contributed by atoms with van der Waals surface area (Å²) in [5.41, 5.74) is 7.88. The lowest BCUT2D eigenvalue weighted by atomic mass is 10.2. The number of hydrogen-bond acceptors (Lipinski definition) is 4. The van der Waals surface area contributed by atoms with Crippen LogP contribution in [0.4, 0.5) is 0 Å². The van der Waals surface area contributed by atoms with Crippen molar-refractivity contribution in [2.45, 2.75) is 18.8 Å². The summed E-state index contributed by atoms with van der Waals surface area (Å²) in [5, 5.41) is 0.933. The van der Waals surface area contributed by atoms with Crippen molar-refractivity contribution in [1.29, 1.82) is 0 Å². The zero-order chi connectivity index (χ0) is 13.4. The number of para-hydroxylation sites is 1. The second kappa shape index (κ2) is 4.90. The summed E-state index contributed by atoms with van der Waals surface area (Å²) in [4.78, 5) is 6.15. The first kappa shape index (κ1) is 12.6. The number of benzene rings is 1. The van der Waals surface area contributed by atoms with Crippen molar-refractivity contribution in [1.82, 2.24) is 4.98 Å². The number of hydrogen-bond donors (Lipinski definition) is 1. The van der Waals surface area contributed by atoms with Gasteiger partial charge in [-0.2, -0.15) is 0 Å². The summed E-state index contributed by atoms with van der Waals surface area (Å²) in [7, 11) is 1.67. The number of nitrogens with zero attached hydrogens (tertiary/aromatic N) is 1. The molecule has 2 aromatic rings. The first-order valence-electron chi connectivity index (χ1n) is 6.14. The van der Waals surface area contributed by atoms with Crippen LogP contribution in [0.15, 0.2) is 24.3 Å². The Kier molecular flexibility index (Phi) is 3.24. The molecule has 0 bridgehead atoms. The Morgan fingerprint density at radius 1 is 1.42 bits per heavy atom. The van der Waals surface area contributed by atoms with E-state index in [1.54, 1.807) is 18.4 Å². The van der Waals surface area contributed by atoms with E-state index in [4.69, 9.17) is 27.7 Å². The SMILES string of the molecule is COc1ccccc1-c1nc(C2CC2)c(C(N)=S)s1. The summed E-state index contributed by atoms with van der Waals surface area (Å²) in [6.07, 6.45) is 2.37. The minimum Gasteiger partial charge on any atom is -0.496 e. The van der Waals surface area contributed by atoms with Crippen molar-refractivity contribution in [3.05, 3.63) is 34.8 Å². The molecule has 0 spiro atoms. The van der Waals surface area contributed by atoms with Gasteiger partial charge in [0.05, 0.1) is 23.2 Å². The van der Waals surface area contributed by atoms with Crippen LogP contribution in [0.2, 0.25) is 0 Å². The molecule has 5 heteroatoms. The maximum Gasteiger partial charge on any atom is 0.129 e. The topological polar surface area (TPSA) is 48.1 Å². The van der Waals surface area contributed by atoms with Crippen LogP contribution in [0.5, 0.6) is 5.75 Å². The fourth-order valence-electron chi connectivity index (χ4n) is 2.08. The molecule has 3 nitrogen and oxygen atoms in total. The van der Waals surface area contributed by atoms with Crippen LogP contribution in [0.25, 0.3) is 10.6 Å². The predicted octanol–water partition coefficient (Wildman–Crippen LogP) is 3.33. The number of methoxy groups -OCH3 is 1. The molecule has 1 aromatic heterocycles. The molecule has 1 saturated carbocycles. The van der Waals surface area contributed by atoms with E-state index in [-0.39, 0.29) is 0 Å². The van der Waals surface area contributed by atoms with Gasteiger partial charge in [0.15, 0.2) is 0 Å². The zero-order valence-electron chi connectivity index (χ0n) is 10.6. The van der Waals surface area contributed by atoms with E-state index in [9.17, 15) is 0 Å². The normalized spacial score (nSPS) is 14.4. The van der Waals surface area contributed by atoms with Crippen molar-refractivity contribution in [3.63, 3.8) is 0 Å². The lowest BCUT2D eigenvalue weighted by molar-refractivity contribution is 0.416. The third-order valence-corrected chi connectivity index (χ3v) is 4.65. The van der Waals surface area contributed by atoms with Gasteiger partial charge in [-0.1, -0.05) is 24.4 Å². The van der Waals surface area contributed by atoms with Crippen LogP contribution in [0.1, 0.15) is 29.3 Å². The molecule has 0 radical (unpaired) electrons. The summed E-state index contributed by atoms with van der Waals surface area (Å²) < 4.78 is 5.39. The van der Waals surface area contributed by atoms with Crippen molar-refractivity contribution in [2.24, 2.45) is 5.73 Å². The van der Waals surface area contributed by atoms with Crippen LogP contribution in [0, 0.1) is 0 Å². The van der Waals surface area contributed by atoms with Crippen LogP contribution in [0.3, 0.4) is 0 Å². The number of nitrogens with two attached hydrogens (primary N) is 1. The monoisotopic (exact) mass is 290 g/mol. The predicted molar refractivity (Wildman–Crippen MR) is 82.0 cm³/mol. The van der Waals surface area contributed by atoms with Gasteiger partial charge in [-0.3, -0.25) is 0 Å². The summed E-state index contributed by atoms with van der Waals surface area (Å²) in [6.45, 7) is 0. The number of aromatic nitrogens is 1. The number of thiazole rings is 1. The average molecular weight is 290 g/mol. The molecular weight excluding hydrogens is 276 g/mol. The van der Waals surface area contributed by atoms with Gasteiger partial charge in [0.2, 0.25) is 0 Å². The Morgan fingerprint density at radius 3 is 2.79 bits per heavy atom.